The van der Waals surface area contributed by atoms with Crippen molar-refractivity contribution >= 4 is 5.97 Å². The molecule has 1 aliphatic rings. The number of allylic oxidation sites excluding steroid dienone is 1. The van der Waals surface area contributed by atoms with Gasteiger partial charge in [0.15, 0.2) is 0 Å². The maximum Gasteiger partial charge on any atom is 0.311 e. The molecule has 16 heavy (non-hydrogen) atoms. The molecule has 0 N–H and O–H groups in total. The molecule has 0 aromatic carbocycles. The van der Waals surface area contributed by atoms with Crippen molar-refractivity contribution in [3.63, 3.8) is 0 Å². The van der Waals surface area contributed by atoms with Gasteiger partial charge in [-0.2, -0.15) is 0 Å². The van der Waals surface area contributed by atoms with Crippen LogP contribution in [0, 0.1) is 5.92 Å². The van der Waals surface area contributed by atoms with Crippen LogP contribution in [0.2, 0.25) is 0 Å². The highest BCUT2D eigenvalue weighted by Gasteiger charge is 2.30. The van der Waals surface area contributed by atoms with Gasteiger partial charge < -0.3 is 9.47 Å². The normalized spacial score (nSPS) is 24.4. The molecule has 0 saturated carbocycles. The van der Waals surface area contributed by atoms with Crippen molar-refractivity contribution in [1.29, 1.82) is 0 Å². The van der Waals surface area contributed by atoms with Gasteiger partial charge in [-0.05, 0) is 19.3 Å². The zero-order valence-electron chi connectivity index (χ0n) is 10.3. The number of hydrogen-bond donors (Lipinski definition) is 0. The second-order valence-electron chi connectivity index (χ2n) is 4.19. The second-order valence-corrected chi connectivity index (χ2v) is 4.19. The molecule has 1 aliphatic carbocycles. The SMILES string of the molecule is CCCCCOC1CC=CCC1C(=O)OC. The number of carbonyl (C=O) groups excluding carboxylic acids is 1. The molecular formula is C13H22O3. The molecule has 3 nitrogen and oxygen atoms in total. The number of carbonyl (C=O) groups is 1. The average Bonchev–Trinajstić information content (AvgIpc) is 2.34. The smallest absolute Gasteiger partial charge is 0.311 e. The average molecular weight is 226 g/mol. The Bertz CT molecular complexity index is 235. The third kappa shape index (κ3) is 3.97. The Morgan fingerprint density at radius 1 is 1.31 bits per heavy atom. The van der Waals surface area contributed by atoms with Crippen molar-refractivity contribution in [2.45, 2.75) is 45.1 Å². The van der Waals surface area contributed by atoms with Crippen LogP contribution in [0.1, 0.15) is 39.0 Å². The molecule has 0 radical (unpaired) electrons. The Morgan fingerprint density at radius 2 is 2.06 bits per heavy atom. The number of methoxy groups -OCH3 is 1. The molecule has 1 rings (SSSR count). The molecule has 0 aromatic heterocycles. The molecule has 0 bridgehead atoms. The summed E-state index contributed by atoms with van der Waals surface area (Å²) in [6.45, 7) is 2.92. The molecule has 3 heteroatoms. The highest BCUT2D eigenvalue weighted by atomic mass is 16.5. The predicted molar refractivity (Wildman–Crippen MR) is 63.1 cm³/mol. The molecule has 0 saturated heterocycles. The van der Waals surface area contributed by atoms with Gasteiger partial charge in [0, 0.05) is 6.61 Å². The molecule has 2 atom stereocenters. The summed E-state index contributed by atoms with van der Waals surface area (Å²) in [6, 6.07) is 0. The monoisotopic (exact) mass is 226 g/mol. The van der Waals surface area contributed by atoms with E-state index in [0.29, 0.717) is 0 Å². The van der Waals surface area contributed by atoms with Crippen LogP contribution < -0.4 is 0 Å². The van der Waals surface area contributed by atoms with Crippen molar-refractivity contribution in [1.82, 2.24) is 0 Å². The van der Waals surface area contributed by atoms with E-state index in [1.165, 1.54) is 20.0 Å². The van der Waals surface area contributed by atoms with Crippen LogP contribution in [0.15, 0.2) is 12.2 Å². The molecule has 0 fully saturated rings. The van der Waals surface area contributed by atoms with Crippen molar-refractivity contribution in [3.05, 3.63) is 12.2 Å². The third-order valence-corrected chi connectivity index (χ3v) is 2.96. The van der Waals surface area contributed by atoms with Crippen LogP contribution in [0.5, 0.6) is 0 Å². The van der Waals surface area contributed by atoms with E-state index in [1.54, 1.807) is 0 Å². The molecule has 92 valence electrons. The van der Waals surface area contributed by atoms with Crippen LogP contribution in [-0.2, 0) is 14.3 Å². The van der Waals surface area contributed by atoms with Gasteiger partial charge in [0.05, 0.1) is 19.1 Å². The zero-order chi connectivity index (χ0) is 11.8. The van der Waals surface area contributed by atoms with Gasteiger partial charge >= 0.3 is 5.97 Å². The minimum Gasteiger partial charge on any atom is -0.469 e. The van der Waals surface area contributed by atoms with Crippen molar-refractivity contribution < 1.29 is 14.3 Å². The fraction of sp³-hybridized carbons (Fsp3) is 0.769. The van der Waals surface area contributed by atoms with E-state index in [0.717, 1.165) is 25.9 Å². The lowest BCUT2D eigenvalue weighted by molar-refractivity contribution is -0.151. The standard InChI is InChI=1S/C13H22O3/c1-3-4-7-10-16-12-9-6-5-8-11(12)13(14)15-2/h5-6,11-12H,3-4,7-10H2,1-2H3. The third-order valence-electron chi connectivity index (χ3n) is 2.96. The maximum absolute atomic E-state index is 11.5. The molecule has 2 unspecified atom stereocenters. The summed E-state index contributed by atoms with van der Waals surface area (Å²) in [7, 11) is 1.44. The summed E-state index contributed by atoms with van der Waals surface area (Å²) in [4.78, 5) is 11.5. The second kappa shape index (κ2) is 7.44. The van der Waals surface area contributed by atoms with Gasteiger partial charge in [0.2, 0.25) is 0 Å². The van der Waals surface area contributed by atoms with E-state index in [9.17, 15) is 4.79 Å². The Kier molecular flexibility index (Phi) is 6.16. The predicted octanol–water partition coefficient (Wildman–Crippen LogP) is 2.70. The highest BCUT2D eigenvalue weighted by molar-refractivity contribution is 5.73. The molecule has 0 aromatic rings. The van der Waals surface area contributed by atoms with Crippen molar-refractivity contribution in [3.8, 4) is 0 Å². The molecule has 0 heterocycles. The highest BCUT2D eigenvalue weighted by Crippen LogP contribution is 2.23. The van der Waals surface area contributed by atoms with E-state index < -0.39 is 0 Å². The first-order valence-electron chi connectivity index (χ1n) is 6.14. The minimum atomic E-state index is -0.148. The first-order chi connectivity index (χ1) is 7.79. The van der Waals surface area contributed by atoms with E-state index in [4.69, 9.17) is 9.47 Å². The summed E-state index contributed by atoms with van der Waals surface area (Å²) >= 11 is 0. The number of unbranched alkanes of at least 4 members (excludes halogenated alkanes) is 2. The zero-order valence-corrected chi connectivity index (χ0v) is 10.3. The van der Waals surface area contributed by atoms with Crippen LogP contribution in [0.25, 0.3) is 0 Å². The van der Waals surface area contributed by atoms with E-state index >= 15 is 0 Å². The van der Waals surface area contributed by atoms with Gasteiger partial charge in [-0.1, -0.05) is 31.9 Å². The van der Waals surface area contributed by atoms with E-state index in [2.05, 4.69) is 13.0 Å². The van der Waals surface area contributed by atoms with Gasteiger partial charge in [-0.15, -0.1) is 0 Å². The molecule has 0 amide bonds. The Balaban J connectivity index is 2.36. The first-order valence-corrected chi connectivity index (χ1v) is 6.14. The van der Waals surface area contributed by atoms with Gasteiger partial charge in [0.25, 0.3) is 0 Å². The van der Waals surface area contributed by atoms with E-state index in [1.807, 2.05) is 6.08 Å². The summed E-state index contributed by atoms with van der Waals surface area (Å²) in [5.41, 5.74) is 0. The lowest BCUT2D eigenvalue weighted by Crippen LogP contribution is -2.33. The van der Waals surface area contributed by atoms with Gasteiger partial charge in [0.1, 0.15) is 0 Å². The van der Waals surface area contributed by atoms with Crippen LogP contribution in [0.3, 0.4) is 0 Å². The Hall–Kier alpha value is -0.830. The van der Waals surface area contributed by atoms with Crippen LogP contribution >= 0.6 is 0 Å². The molecule has 0 aliphatic heterocycles. The largest absolute Gasteiger partial charge is 0.469 e. The number of hydrogen-bond acceptors (Lipinski definition) is 3. The topological polar surface area (TPSA) is 35.5 Å². The lowest BCUT2D eigenvalue weighted by Gasteiger charge is -2.26. The van der Waals surface area contributed by atoms with Gasteiger partial charge in [-0.25, -0.2) is 0 Å². The first kappa shape index (κ1) is 13.2. The van der Waals surface area contributed by atoms with Gasteiger partial charge in [-0.3, -0.25) is 4.79 Å². The van der Waals surface area contributed by atoms with Crippen LogP contribution in [0.4, 0.5) is 0 Å². The Morgan fingerprint density at radius 3 is 2.75 bits per heavy atom. The minimum absolute atomic E-state index is 0.00862. The lowest BCUT2D eigenvalue weighted by atomic mass is 9.91. The number of rotatable bonds is 6. The van der Waals surface area contributed by atoms with Crippen LogP contribution in [-0.4, -0.2) is 25.8 Å². The molecule has 0 spiro atoms. The molecular weight excluding hydrogens is 204 g/mol. The van der Waals surface area contributed by atoms with Crippen molar-refractivity contribution in [2.24, 2.45) is 5.92 Å². The van der Waals surface area contributed by atoms with E-state index in [-0.39, 0.29) is 18.0 Å². The summed E-state index contributed by atoms with van der Waals surface area (Å²) in [5.74, 6) is -0.263. The summed E-state index contributed by atoms with van der Waals surface area (Å²) in [6.07, 6.45) is 9.15. The number of ether oxygens (including phenoxy) is 2. The summed E-state index contributed by atoms with van der Waals surface area (Å²) < 4.78 is 10.6. The quantitative estimate of drug-likeness (QED) is 0.397. The fourth-order valence-corrected chi connectivity index (χ4v) is 1.96. The van der Waals surface area contributed by atoms with Crippen molar-refractivity contribution in [2.75, 3.05) is 13.7 Å². The maximum atomic E-state index is 11.5. The summed E-state index contributed by atoms with van der Waals surface area (Å²) in [5, 5.41) is 0. The number of esters is 1. The fourth-order valence-electron chi connectivity index (χ4n) is 1.96. The Labute approximate surface area is 97.8 Å².